The van der Waals surface area contributed by atoms with Crippen molar-refractivity contribution in [2.24, 2.45) is 0 Å². The molecule has 0 radical (unpaired) electrons. The van der Waals surface area contributed by atoms with Crippen molar-refractivity contribution in [3.05, 3.63) is 46.5 Å². The average molecular weight is 513 g/mol. The summed E-state index contributed by atoms with van der Waals surface area (Å²) in [5.74, 6) is -0.311. The zero-order valence-electron chi connectivity index (χ0n) is 15.0. The second kappa shape index (κ2) is 8.58. The van der Waals surface area contributed by atoms with E-state index in [0.717, 1.165) is 0 Å². The summed E-state index contributed by atoms with van der Waals surface area (Å²) in [6.07, 6.45) is 0.196. The van der Waals surface area contributed by atoms with Gasteiger partial charge >= 0.3 is 0 Å². The predicted molar refractivity (Wildman–Crippen MR) is 111 cm³/mol. The van der Waals surface area contributed by atoms with Gasteiger partial charge in [0.1, 0.15) is 16.2 Å². The maximum absolute atomic E-state index is 13.4. The molecule has 1 unspecified atom stereocenters. The minimum Gasteiger partial charge on any atom is -0.481 e. The molecule has 11 heteroatoms. The minimum atomic E-state index is -4.90. The number of nitrogens with two attached hydrogens (primary N) is 1. The van der Waals surface area contributed by atoms with E-state index in [1.165, 1.54) is 6.92 Å². The summed E-state index contributed by atoms with van der Waals surface area (Å²) in [7, 11) is -9.10. The highest BCUT2D eigenvalue weighted by Gasteiger charge is 2.37. The molecule has 7 nitrogen and oxygen atoms in total. The van der Waals surface area contributed by atoms with E-state index in [2.05, 4.69) is 15.9 Å². The third-order valence-electron chi connectivity index (χ3n) is 4.22. The van der Waals surface area contributed by atoms with Crippen molar-refractivity contribution in [3.63, 3.8) is 0 Å². The first-order valence-corrected chi connectivity index (χ1v) is 12.5. The lowest BCUT2D eigenvalue weighted by Gasteiger charge is -2.22. The van der Waals surface area contributed by atoms with Crippen LogP contribution in [0.1, 0.15) is 29.7 Å². The third kappa shape index (κ3) is 4.16. The van der Waals surface area contributed by atoms with E-state index in [1.807, 2.05) is 0 Å². The second-order valence-corrected chi connectivity index (χ2v) is 10.2. The first-order chi connectivity index (χ1) is 13.0. The summed E-state index contributed by atoms with van der Waals surface area (Å²) >= 11 is 9.30. The lowest BCUT2D eigenvalue weighted by Crippen LogP contribution is -2.19. The summed E-state index contributed by atoms with van der Waals surface area (Å²) in [5.41, 5.74) is 5.66. The summed E-state index contributed by atoms with van der Waals surface area (Å²) in [4.78, 5) is -1.37. The number of hydrogen-bond donors (Lipinski definition) is 2. The van der Waals surface area contributed by atoms with E-state index in [9.17, 15) is 21.4 Å². The lowest BCUT2D eigenvalue weighted by molar-refractivity contribution is 0.379. The fourth-order valence-electron chi connectivity index (χ4n) is 2.99. The molecule has 2 aromatic carbocycles. The van der Waals surface area contributed by atoms with Crippen molar-refractivity contribution < 1.29 is 26.1 Å². The molecule has 0 amide bonds. The molecule has 1 atom stereocenters. The number of sulfone groups is 1. The van der Waals surface area contributed by atoms with E-state index in [1.54, 1.807) is 37.3 Å². The summed E-state index contributed by atoms with van der Waals surface area (Å²) < 4.78 is 65.6. The summed E-state index contributed by atoms with van der Waals surface area (Å²) in [6, 6.07) is 8.43. The van der Waals surface area contributed by atoms with E-state index in [-0.39, 0.29) is 28.3 Å². The van der Waals surface area contributed by atoms with Crippen molar-refractivity contribution in [1.29, 1.82) is 0 Å². The molecule has 0 fully saturated rings. The standard InChI is InChI=1S/C17H19BrClNO6S2/c1-3-12(11-7-5-4-6-8-11)27(21,22)16-13(19)10(2)15(26-9-18)17(14(16)20)28(23,24)25/h4-8,12H,3,9,20H2,1-2H3,(H,23,24,25). The Morgan fingerprint density at radius 2 is 1.75 bits per heavy atom. The van der Waals surface area contributed by atoms with Crippen LogP contribution in [0.2, 0.25) is 5.02 Å². The highest BCUT2D eigenvalue weighted by Crippen LogP contribution is 2.47. The van der Waals surface area contributed by atoms with Gasteiger partial charge in [0.05, 0.1) is 16.0 Å². The third-order valence-corrected chi connectivity index (χ3v) is 8.31. The Labute approximate surface area is 177 Å². The molecule has 2 aromatic rings. The molecular weight excluding hydrogens is 494 g/mol. The van der Waals surface area contributed by atoms with Crippen LogP contribution >= 0.6 is 27.5 Å². The fraction of sp³-hybridized carbons (Fsp3) is 0.294. The number of halogens is 2. The summed E-state index contributed by atoms with van der Waals surface area (Å²) in [5, 5.41) is -1.26. The van der Waals surface area contributed by atoms with Gasteiger partial charge in [-0.15, -0.1) is 0 Å². The number of nitrogen functional groups attached to an aromatic ring is 1. The molecular formula is C17H19BrClNO6S2. The van der Waals surface area contributed by atoms with Crippen molar-refractivity contribution in [2.45, 2.75) is 35.3 Å². The highest BCUT2D eigenvalue weighted by atomic mass is 79.9. The van der Waals surface area contributed by atoms with Gasteiger partial charge in [0.25, 0.3) is 10.1 Å². The largest absolute Gasteiger partial charge is 0.481 e. The van der Waals surface area contributed by atoms with Crippen LogP contribution in [-0.4, -0.2) is 26.9 Å². The van der Waals surface area contributed by atoms with E-state index >= 15 is 0 Å². The molecule has 2 rings (SSSR count). The Kier molecular flexibility index (Phi) is 7.03. The number of alkyl halides is 1. The molecule has 0 aliphatic heterocycles. The van der Waals surface area contributed by atoms with Gasteiger partial charge in [0.15, 0.2) is 14.7 Å². The van der Waals surface area contributed by atoms with Gasteiger partial charge in [-0.05, 0) is 34.8 Å². The average Bonchev–Trinajstić information content (AvgIpc) is 2.59. The summed E-state index contributed by atoms with van der Waals surface area (Å²) in [6.45, 7) is 3.06. The number of anilines is 1. The molecule has 0 spiro atoms. The molecule has 0 heterocycles. The zero-order valence-corrected chi connectivity index (χ0v) is 19.0. The molecule has 0 aliphatic carbocycles. The van der Waals surface area contributed by atoms with Gasteiger partial charge in [0.2, 0.25) is 0 Å². The lowest BCUT2D eigenvalue weighted by atomic mass is 10.1. The zero-order chi connectivity index (χ0) is 21.3. The van der Waals surface area contributed by atoms with Gasteiger partial charge in [-0.2, -0.15) is 8.42 Å². The maximum Gasteiger partial charge on any atom is 0.300 e. The van der Waals surface area contributed by atoms with Gasteiger partial charge < -0.3 is 10.5 Å². The van der Waals surface area contributed by atoms with Gasteiger partial charge in [-0.1, -0.05) is 48.9 Å². The molecule has 0 aromatic heterocycles. The highest BCUT2D eigenvalue weighted by molar-refractivity contribution is 9.09. The predicted octanol–water partition coefficient (Wildman–Crippen LogP) is 4.13. The van der Waals surface area contributed by atoms with Crippen LogP contribution in [0, 0.1) is 6.92 Å². The second-order valence-electron chi connectivity index (χ2n) is 5.92. The van der Waals surface area contributed by atoms with E-state index in [4.69, 9.17) is 22.1 Å². The molecule has 28 heavy (non-hydrogen) atoms. The fourth-order valence-corrected chi connectivity index (χ4v) is 6.67. The Bertz CT molecular complexity index is 1090. The Balaban J connectivity index is 2.90. The smallest absolute Gasteiger partial charge is 0.300 e. The van der Waals surface area contributed by atoms with Crippen molar-refractivity contribution in [1.82, 2.24) is 0 Å². The van der Waals surface area contributed by atoms with Crippen LogP contribution in [0.4, 0.5) is 5.69 Å². The molecule has 154 valence electrons. The molecule has 0 bridgehead atoms. The number of rotatable bonds is 7. The monoisotopic (exact) mass is 511 g/mol. The maximum atomic E-state index is 13.4. The van der Waals surface area contributed by atoms with E-state index < -0.39 is 40.7 Å². The Morgan fingerprint density at radius 1 is 1.18 bits per heavy atom. The quantitative estimate of drug-likeness (QED) is 0.325. The Morgan fingerprint density at radius 3 is 2.21 bits per heavy atom. The van der Waals surface area contributed by atoms with Gasteiger partial charge in [-0.25, -0.2) is 8.42 Å². The topological polar surface area (TPSA) is 124 Å². The van der Waals surface area contributed by atoms with Crippen molar-refractivity contribution in [2.75, 3.05) is 11.2 Å². The van der Waals surface area contributed by atoms with Crippen LogP contribution in [0.5, 0.6) is 5.75 Å². The van der Waals surface area contributed by atoms with Crippen molar-refractivity contribution >= 4 is 53.2 Å². The normalized spacial score (nSPS) is 13.3. The Hall–Kier alpha value is -1.33. The van der Waals surface area contributed by atoms with Gasteiger partial charge in [-0.3, -0.25) is 4.55 Å². The van der Waals surface area contributed by atoms with Crippen LogP contribution in [0.3, 0.4) is 0 Å². The first kappa shape index (κ1) is 23.0. The SMILES string of the molecule is CCC(c1ccccc1)S(=O)(=O)c1c(N)c(S(=O)(=O)O)c(OCBr)c(C)c1Cl. The van der Waals surface area contributed by atoms with Gasteiger partial charge in [0, 0.05) is 5.56 Å². The molecule has 0 saturated carbocycles. The molecule has 0 saturated heterocycles. The first-order valence-electron chi connectivity index (χ1n) is 8.05. The number of hydrogen-bond acceptors (Lipinski definition) is 6. The van der Waals surface area contributed by atoms with Crippen LogP contribution in [0.15, 0.2) is 40.1 Å². The minimum absolute atomic E-state index is 0.0319. The van der Waals surface area contributed by atoms with Crippen LogP contribution < -0.4 is 10.5 Å². The number of benzene rings is 2. The molecule has 3 N–H and O–H groups in total. The number of ether oxygens (including phenoxy) is 1. The van der Waals surface area contributed by atoms with Crippen molar-refractivity contribution in [3.8, 4) is 5.75 Å². The van der Waals surface area contributed by atoms with Crippen LogP contribution in [0.25, 0.3) is 0 Å². The van der Waals surface area contributed by atoms with Crippen LogP contribution in [-0.2, 0) is 20.0 Å². The van der Waals surface area contributed by atoms with E-state index in [0.29, 0.717) is 5.56 Å². The molecule has 0 aliphatic rings.